The van der Waals surface area contributed by atoms with Gasteiger partial charge in [0.2, 0.25) is 0 Å². The molecule has 0 spiro atoms. The maximum absolute atomic E-state index is 12.0. The lowest BCUT2D eigenvalue weighted by atomic mass is 10.1. The Kier molecular flexibility index (Phi) is 4.36. The van der Waals surface area contributed by atoms with Crippen LogP contribution in [-0.2, 0) is 0 Å². The molecule has 0 unspecified atom stereocenters. The van der Waals surface area contributed by atoms with Crippen molar-refractivity contribution in [2.75, 3.05) is 26.9 Å². The molecule has 114 valence electrons. The first-order chi connectivity index (χ1) is 10.4. The van der Waals surface area contributed by atoms with Gasteiger partial charge in [-0.1, -0.05) is 12.1 Å². The highest BCUT2D eigenvalue weighted by molar-refractivity contribution is 5.97. The Morgan fingerprint density at radius 1 is 1.27 bits per heavy atom. The van der Waals surface area contributed by atoms with Gasteiger partial charge in [0.15, 0.2) is 11.5 Å². The van der Waals surface area contributed by atoms with Crippen LogP contribution >= 0.6 is 0 Å². The van der Waals surface area contributed by atoms with E-state index >= 15 is 0 Å². The van der Waals surface area contributed by atoms with E-state index in [4.69, 9.17) is 5.73 Å². The van der Waals surface area contributed by atoms with Gasteiger partial charge in [-0.15, -0.1) is 0 Å². The molecule has 0 saturated carbocycles. The van der Waals surface area contributed by atoms with Gasteiger partial charge >= 0.3 is 0 Å². The molecule has 2 rings (SSSR count). The number of nitrogens with one attached hydrogen (secondary N) is 1. The third-order valence-electron chi connectivity index (χ3n) is 3.05. The summed E-state index contributed by atoms with van der Waals surface area (Å²) in [7, 11) is 4.86. The van der Waals surface area contributed by atoms with E-state index in [2.05, 4.69) is 15.3 Å². The minimum absolute atomic E-state index is 0.0589. The van der Waals surface area contributed by atoms with Crippen LogP contribution in [0.5, 0.6) is 0 Å². The van der Waals surface area contributed by atoms with Crippen LogP contribution in [0.25, 0.3) is 11.3 Å². The van der Waals surface area contributed by atoms with Gasteiger partial charge in [-0.25, -0.2) is 9.97 Å². The molecule has 1 heterocycles. The maximum atomic E-state index is 12.0. The molecule has 0 atom stereocenters. The summed E-state index contributed by atoms with van der Waals surface area (Å²) in [6.45, 7) is 0. The standard InChI is InChI=1S/C15H17N5O2/c1-17-14(21)12-13(16)18-8-11(19-12)9-5-4-6-10(7-9)15(22)20(2)3/h4-8H,1-3H3,(H2,16,18)(H,17,21). The summed E-state index contributed by atoms with van der Waals surface area (Å²) in [4.78, 5) is 33.5. The smallest absolute Gasteiger partial charge is 0.273 e. The Morgan fingerprint density at radius 2 is 2.00 bits per heavy atom. The lowest BCUT2D eigenvalue weighted by molar-refractivity contribution is 0.0827. The number of amides is 2. The first-order valence-electron chi connectivity index (χ1n) is 6.60. The van der Waals surface area contributed by atoms with Crippen molar-refractivity contribution in [2.24, 2.45) is 0 Å². The van der Waals surface area contributed by atoms with Gasteiger partial charge < -0.3 is 16.0 Å². The van der Waals surface area contributed by atoms with E-state index in [1.807, 2.05) is 0 Å². The van der Waals surface area contributed by atoms with Crippen molar-refractivity contribution < 1.29 is 9.59 Å². The highest BCUT2D eigenvalue weighted by atomic mass is 16.2. The maximum Gasteiger partial charge on any atom is 0.273 e. The van der Waals surface area contributed by atoms with Gasteiger partial charge in [-0.3, -0.25) is 9.59 Å². The number of hydrogen-bond donors (Lipinski definition) is 2. The molecule has 22 heavy (non-hydrogen) atoms. The van der Waals surface area contributed by atoms with E-state index in [0.29, 0.717) is 16.8 Å². The topological polar surface area (TPSA) is 101 Å². The molecule has 7 heteroatoms. The zero-order valence-corrected chi connectivity index (χ0v) is 12.6. The SMILES string of the molecule is CNC(=O)c1nc(-c2cccc(C(=O)N(C)C)c2)cnc1N. The molecule has 3 N–H and O–H groups in total. The van der Waals surface area contributed by atoms with Crippen LogP contribution in [0.15, 0.2) is 30.5 Å². The van der Waals surface area contributed by atoms with E-state index in [0.717, 1.165) is 0 Å². The predicted octanol–water partition coefficient (Wildman–Crippen LogP) is 0.787. The number of aromatic nitrogens is 2. The molecule has 0 aliphatic carbocycles. The molecule has 1 aromatic carbocycles. The molecule has 0 bridgehead atoms. The molecular weight excluding hydrogens is 282 g/mol. The fourth-order valence-corrected chi connectivity index (χ4v) is 1.89. The molecule has 0 radical (unpaired) electrons. The molecule has 2 amide bonds. The average Bonchev–Trinajstić information content (AvgIpc) is 2.53. The lowest BCUT2D eigenvalue weighted by Crippen LogP contribution is -2.22. The van der Waals surface area contributed by atoms with Crippen molar-refractivity contribution in [3.63, 3.8) is 0 Å². The number of nitrogens with zero attached hydrogens (tertiary/aromatic N) is 3. The van der Waals surface area contributed by atoms with Gasteiger partial charge in [0.1, 0.15) is 0 Å². The second-order valence-corrected chi connectivity index (χ2v) is 4.85. The fourth-order valence-electron chi connectivity index (χ4n) is 1.89. The first kappa shape index (κ1) is 15.4. The monoisotopic (exact) mass is 299 g/mol. The van der Waals surface area contributed by atoms with Crippen LogP contribution in [-0.4, -0.2) is 47.8 Å². The number of nitrogens with two attached hydrogens (primary N) is 1. The van der Waals surface area contributed by atoms with E-state index < -0.39 is 5.91 Å². The highest BCUT2D eigenvalue weighted by Gasteiger charge is 2.14. The molecule has 0 saturated heterocycles. The number of hydrogen-bond acceptors (Lipinski definition) is 5. The van der Waals surface area contributed by atoms with Crippen LogP contribution in [0.3, 0.4) is 0 Å². The van der Waals surface area contributed by atoms with E-state index in [1.54, 1.807) is 38.4 Å². The Morgan fingerprint density at radius 3 is 2.64 bits per heavy atom. The molecule has 0 fully saturated rings. The Hall–Kier alpha value is -2.96. The summed E-state index contributed by atoms with van der Waals surface area (Å²) in [6.07, 6.45) is 1.47. The van der Waals surface area contributed by atoms with Crippen LogP contribution in [0, 0.1) is 0 Å². The van der Waals surface area contributed by atoms with E-state index in [1.165, 1.54) is 18.1 Å². The fraction of sp³-hybridized carbons (Fsp3) is 0.200. The van der Waals surface area contributed by atoms with Crippen LogP contribution in [0.2, 0.25) is 0 Å². The first-order valence-corrected chi connectivity index (χ1v) is 6.60. The summed E-state index contributed by atoms with van der Waals surface area (Å²) >= 11 is 0. The Balaban J connectivity index is 2.47. The number of benzene rings is 1. The predicted molar refractivity (Wildman–Crippen MR) is 83.3 cm³/mol. The van der Waals surface area contributed by atoms with Gasteiger partial charge in [-0.2, -0.15) is 0 Å². The Bertz CT molecular complexity index is 728. The van der Waals surface area contributed by atoms with Crippen LogP contribution in [0.4, 0.5) is 5.82 Å². The molecule has 0 aliphatic heterocycles. The second kappa shape index (κ2) is 6.21. The minimum Gasteiger partial charge on any atom is -0.382 e. The summed E-state index contributed by atoms with van der Waals surface area (Å²) in [6, 6.07) is 6.97. The van der Waals surface area contributed by atoms with Crippen molar-refractivity contribution >= 4 is 17.6 Å². The second-order valence-electron chi connectivity index (χ2n) is 4.85. The van der Waals surface area contributed by atoms with Gasteiger partial charge in [0.25, 0.3) is 11.8 Å². The number of rotatable bonds is 3. The van der Waals surface area contributed by atoms with E-state index in [9.17, 15) is 9.59 Å². The minimum atomic E-state index is -0.410. The number of carbonyl (C=O) groups excluding carboxylic acids is 2. The van der Waals surface area contributed by atoms with Crippen molar-refractivity contribution in [1.82, 2.24) is 20.2 Å². The zero-order chi connectivity index (χ0) is 16.3. The lowest BCUT2D eigenvalue weighted by Gasteiger charge is -2.11. The van der Waals surface area contributed by atoms with Gasteiger partial charge in [0.05, 0.1) is 11.9 Å². The molecule has 7 nitrogen and oxygen atoms in total. The Labute approximate surface area is 128 Å². The number of nitrogen functional groups attached to an aromatic ring is 1. The normalized spacial score (nSPS) is 10.1. The van der Waals surface area contributed by atoms with E-state index in [-0.39, 0.29) is 17.4 Å². The largest absolute Gasteiger partial charge is 0.382 e. The molecule has 2 aromatic rings. The molecular formula is C15H17N5O2. The number of carbonyl (C=O) groups is 2. The third-order valence-corrected chi connectivity index (χ3v) is 3.05. The molecule has 0 aliphatic rings. The van der Waals surface area contributed by atoms with Crippen molar-refractivity contribution in [3.05, 3.63) is 41.7 Å². The van der Waals surface area contributed by atoms with Gasteiger partial charge in [-0.05, 0) is 12.1 Å². The van der Waals surface area contributed by atoms with Crippen LogP contribution in [0.1, 0.15) is 20.8 Å². The molecule has 1 aromatic heterocycles. The summed E-state index contributed by atoms with van der Waals surface area (Å²) in [5.41, 5.74) is 7.42. The quantitative estimate of drug-likeness (QED) is 0.872. The average molecular weight is 299 g/mol. The van der Waals surface area contributed by atoms with Crippen molar-refractivity contribution in [3.8, 4) is 11.3 Å². The van der Waals surface area contributed by atoms with Crippen LogP contribution < -0.4 is 11.1 Å². The number of anilines is 1. The highest BCUT2D eigenvalue weighted by Crippen LogP contribution is 2.20. The van der Waals surface area contributed by atoms with Gasteiger partial charge in [0, 0.05) is 32.3 Å². The summed E-state index contributed by atoms with van der Waals surface area (Å²) in [5, 5.41) is 2.46. The van der Waals surface area contributed by atoms with Crippen molar-refractivity contribution in [1.29, 1.82) is 0 Å². The summed E-state index contributed by atoms with van der Waals surface area (Å²) < 4.78 is 0. The zero-order valence-electron chi connectivity index (χ0n) is 12.6. The third kappa shape index (κ3) is 3.03. The summed E-state index contributed by atoms with van der Waals surface area (Å²) in [5.74, 6) is -0.465. The van der Waals surface area contributed by atoms with Crippen molar-refractivity contribution in [2.45, 2.75) is 0 Å².